The number of hydrogen-bond acceptors (Lipinski definition) is 2. The monoisotopic (exact) mass is 298 g/mol. The number of carboxylic acids is 1. The average molecular weight is 299 g/mol. The van der Waals surface area contributed by atoms with Crippen LogP contribution >= 0.6 is 15.9 Å². The third-order valence-electron chi connectivity index (χ3n) is 3.10. The minimum Gasteiger partial charge on any atom is -0.481 e. The summed E-state index contributed by atoms with van der Waals surface area (Å²) in [5.41, 5.74) is 2.08. The van der Waals surface area contributed by atoms with E-state index in [9.17, 15) is 9.90 Å². The van der Waals surface area contributed by atoms with Crippen molar-refractivity contribution in [2.45, 2.75) is 25.9 Å². The van der Waals surface area contributed by atoms with Gasteiger partial charge < -0.3 is 9.84 Å². The first-order chi connectivity index (χ1) is 8.09. The summed E-state index contributed by atoms with van der Waals surface area (Å²) in [7, 11) is 0. The summed E-state index contributed by atoms with van der Waals surface area (Å²) in [6.07, 6.45) is 1.16. The van der Waals surface area contributed by atoms with E-state index in [0.717, 1.165) is 22.0 Å². The molecule has 0 radical (unpaired) electrons. The Morgan fingerprint density at radius 1 is 1.53 bits per heavy atom. The summed E-state index contributed by atoms with van der Waals surface area (Å²) in [4.78, 5) is 11.2. The van der Waals surface area contributed by atoms with Gasteiger partial charge >= 0.3 is 5.97 Å². The maximum atomic E-state index is 11.2. The van der Waals surface area contributed by atoms with Crippen molar-refractivity contribution in [3.8, 4) is 0 Å². The van der Waals surface area contributed by atoms with Crippen LogP contribution in [0.5, 0.6) is 0 Å². The number of aryl methyl sites for hydroxylation is 1. The molecule has 0 bridgehead atoms. The molecule has 2 atom stereocenters. The molecule has 3 nitrogen and oxygen atoms in total. The van der Waals surface area contributed by atoms with E-state index in [4.69, 9.17) is 4.74 Å². The SMILES string of the molecule is Cc1ccc(C2OCCCC2C(=O)O)c(Br)c1. The van der Waals surface area contributed by atoms with E-state index in [1.165, 1.54) is 0 Å². The number of hydrogen-bond donors (Lipinski definition) is 1. The van der Waals surface area contributed by atoms with Gasteiger partial charge in [-0.05, 0) is 37.0 Å². The molecular weight excluding hydrogens is 284 g/mol. The van der Waals surface area contributed by atoms with Gasteiger partial charge in [0.25, 0.3) is 0 Å². The number of ether oxygens (including phenoxy) is 1. The Labute approximate surface area is 109 Å². The van der Waals surface area contributed by atoms with Crippen molar-refractivity contribution in [2.24, 2.45) is 5.92 Å². The molecule has 1 N–H and O–H groups in total. The lowest BCUT2D eigenvalue weighted by Gasteiger charge is -2.30. The number of halogens is 1. The number of rotatable bonds is 2. The fraction of sp³-hybridized carbons (Fsp3) is 0.462. The molecule has 0 amide bonds. The third-order valence-corrected chi connectivity index (χ3v) is 3.79. The van der Waals surface area contributed by atoms with E-state index in [2.05, 4.69) is 15.9 Å². The summed E-state index contributed by atoms with van der Waals surface area (Å²) >= 11 is 3.49. The van der Waals surface area contributed by atoms with Crippen molar-refractivity contribution in [2.75, 3.05) is 6.61 Å². The highest BCUT2D eigenvalue weighted by atomic mass is 79.9. The van der Waals surface area contributed by atoms with Gasteiger partial charge in [-0.2, -0.15) is 0 Å². The van der Waals surface area contributed by atoms with Gasteiger partial charge in [0.2, 0.25) is 0 Å². The number of carboxylic acid groups (broad SMARTS) is 1. The molecule has 17 heavy (non-hydrogen) atoms. The average Bonchev–Trinajstić information content (AvgIpc) is 2.29. The standard InChI is InChI=1S/C13H15BrO3/c1-8-4-5-9(11(14)7-8)12-10(13(15)16)3-2-6-17-12/h4-5,7,10,12H,2-3,6H2,1H3,(H,15,16). The molecule has 2 unspecified atom stereocenters. The molecule has 1 saturated heterocycles. The van der Waals surface area contributed by atoms with Gasteiger partial charge in [-0.15, -0.1) is 0 Å². The van der Waals surface area contributed by atoms with Crippen molar-refractivity contribution in [3.63, 3.8) is 0 Å². The molecule has 0 aromatic heterocycles. The second-order valence-corrected chi connectivity index (χ2v) is 5.26. The van der Waals surface area contributed by atoms with E-state index in [1.54, 1.807) is 0 Å². The largest absolute Gasteiger partial charge is 0.481 e. The van der Waals surface area contributed by atoms with Crippen molar-refractivity contribution in [3.05, 3.63) is 33.8 Å². The maximum absolute atomic E-state index is 11.2. The topological polar surface area (TPSA) is 46.5 Å². The molecular formula is C13H15BrO3. The first kappa shape index (κ1) is 12.6. The molecule has 1 aromatic carbocycles. The van der Waals surface area contributed by atoms with Crippen molar-refractivity contribution >= 4 is 21.9 Å². The summed E-state index contributed by atoms with van der Waals surface area (Å²) in [6.45, 7) is 2.64. The molecule has 1 fully saturated rings. The van der Waals surface area contributed by atoms with Crippen LogP contribution in [0.2, 0.25) is 0 Å². The smallest absolute Gasteiger partial charge is 0.309 e. The van der Waals surface area contributed by atoms with Gasteiger partial charge in [0.1, 0.15) is 0 Å². The molecule has 92 valence electrons. The van der Waals surface area contributed by atoms with Crippen molar-refractivity contribution < 1.29 is 14.6 Å². The van der Waals surface area contributed by atoms with Crippen LogP contribution in [0, 0.1) is 12.8 Å². The van der Waals surface area contributed by atoms with Crippen LogP contribution in [0.3, 0.4) is 0 Å². The van der Waals surface area contributed by atoms with Crippen LogP contribution in [-0.2, 0) is 9.53 Å². The summed E-state index contributed by atoms with van der Waals surface area (Å²) < 4.78 is 6.57. The Morgan fingerprint density at radius 3 is 2.94 bits per heavy atom. The molecule has 0 aliphatic carbocycles. The van der Waals surface area contributed by atoms with E-state index in [1.807, 2.05) is 25.1 Å². The second kappa shape index (κ2) is 5.19. The molecule has 0 spiro atoms. The van der Waals surface area contributed by atoms with E-state index < -0.39 is 11.9 Å². The molecule has 0 saturated carbocycles. The Kier molecular flexibility index (Phi) is 3.84. The minimum atomic E-state index is -0.776. The summed E-state index contributed by atoms with van der Waals surface area (Å²) in [5, 5.41) is 9.22. The fourth-order valence-electron chi connectivity index (χ4n) is 2.20. The van der Waals surface area contributed by atoms with Gasteiger partial charge in [-0.25, -0.2) is 0 Å². The Balaban J connectivity index is 2.32. The predicted octanol–water partition coefficient (Wildman–Crippen LogP) is 3.31. The zero-order valence-corrected chi connectivity index (χ0v) is 11.2. The molecule has 1 aliphatic rings. The van der Waals surface area contributed by atoms with Gasteiger partial charge in [-0.1, -0.05) is 28.1 Å². The number of carbonyl (C=O) groups is 1. The van der Waals surface area contributed by atoms with E-state index in [-0.39, 0.29) is 6.10 Å². The lowest BCUT2D eigenvalue weighted by Crippen LogP contribution is -2.29. The zero-order valence-electron chi connectivity index (χ0n) is 9.65. The lowest BCUT2D eigenvalue weighted by atomic mass is 9.89. The Bertz CT molecular complexity index is 431. The van der Waals surface area contributed by atoms with Crippen LogP contribution in [0.15, 0.2) is 22.7 Å². The molecule has 4 heteroatoms. The van der Waals surface area contributed by atoms with Crippen LogP contribution in [0.1, 0.15) is 30.1 Å². The van der Waals surface area contributed by atoms with Gasteiger partial charge in [-0.3, -0.25) is 4.79 Å². The quantitative estimate of drug-likeness (QED) is 0.911. The molecule has 1 aromatic rings. The highest BCUT2D eigenvalue weighted by Crippen LogP contribution is 2.37. The first-order valence-corrected chi connectivity index (χ1v) is 6.49. The van der Waals surface area contributed by atoms with Crippen LogP contribution in [-0.4, -0.2) is 17.7 Å². The first-order valence-electron chi connectivity index (χ1n) is 5.70. The van der Waals surface area contributed by atoms with Crippen LogP contribution < -0.4 is 0 Å². The van der Waals surface area contributed by atoms with Gasteiger partial charge in [0.15, 0.2) is 0 Å². The highest BCUT2D eigenvalue weighted by molar-refractivity contribution is 9.10. The zero-order chi connectivity index (χ0) is 12.4. The predicted molar refractivity (Wildman–Crippen MR) is 67.9 cm³/mol. The fourth-order valence-corrected chi connectivity index (χ4v) is 2.92. The molecule has 1 aliphatic heterocycles. The second-order valence-electron chi connectivity index (χ2n) is 4.40. The van der Waals surface area contributed by atoms with Crippen molar-refractivity contribution in [1.82, 2.24) is 0 Å². The lowest BCUT2D eigenvalue weighted by molar-refractivity contribution is -0.151. The van der Waals surface area contributed by atoms with E-state index in [0.29, 0.717) is 13.0 Å². The third kappa shape index (κ3) is 2.69. The highest BCUT2D eigenvalue weighted by Gasteiger charge is 2.33. The summed E-state index contributed by atoms with van der Waals surface area (Å²) in [5.74, 6) is -1.22. The van der Waals surface area contributed by atoms with Gasteiger partial charge in [0, 0.05) is 11.1 Å². The van der Waals surface area contributed by atoms with Gasteiger partial charge in [0.05, 0.1) is 12.0 Å². The van der Waals surface area contributed by atoms with Crippen LogP contribution in [0.25, 0.3) is 0 Å². The van der Waals surface area contributed by atoms with Crippen LogP contribution in [0.4, 0.5) is 0 Å². The van der Waals surface area contributed by atoms with E-state index >= 15 is 0 Å². The molecule has 2 rings (SSSR count). The Morgan fingerprint density at radius 2 is 2.29 bits per heavy atom. The molecule has 1 heterocycles. The Hall–Kier alpha value is -0.870. The number of aliphatic carboxylic acids is 1. The maximum Gasteiger partial charge on any atom is 0.309 e. The normalized spacial score (nSPS) is 24.6. The number of benzene rings is 1. The minimum absolute atomic E-state index is 0.337. The summed E-state index contributed by atoms with van der Waals surface area (Å²) in [6, 6.07) is 5.93. The van der Waals surface area contributed by atoms with Crippen molar-refractivity contribution in [1.29, 1.82) is 0 Å².